The number of aromatic nitrogens is 2. The van der Waals surface area contributed by atoms with Gasteiger partial charge in [-0.1, -0.05) is 30.3 Å². The van der Waals surface area contributed by atoms with E-state index in [1.165, 1.54) is 0 Å². The van der Waals surface area contributed by atoms with E-state index in [4.69, 9.17) is 5.73 Å². The third-order valence-electron chi connectivity index (χ3n) is 5.57. The van der Waals surface area contributed by atoms with Crippen molar-refractivity contribution in [3.63, 3.8) is 0 Å². The summed E-state index contributed by atoms with van der Waals surface area (Å²) in [5, 5.41) is 7.51. The summed E-state index contributed by atoms with van der Waals surface area (Å²) in [5.74, 6) is 0.309. The van der Waals surface area contributed by atoms with Crippen molar-refractivity contribution in [1.29, 1.82) is 0 Å². The standard InChI is InChI=1S/C19H24N4O/c20-16-11-19(12-16)9-15(10-19)18(24)22-17(13-23-8-4-7-21-23)14-5-2-1-3-6-14/h1-8,15-17H,9-13,20H2,(H,22,24). The number of hydrogen-bond donors (Lipinski definition) is 2. The van der Waals surface area contributed by atoms with E-state index in [1.807, 2.05) is 35.1 Å². The Hall–Kier alpha value is -2.14. The van der Waals surface area contributed by atoms with Crippen LogP contribution in [-0.2, 0) is 11.3 Å². The molecule has 1 spiro atoms. The molecule has 2 aliphatic rings. The summed E-state index contributed by atoms with van der Waals surface area (Å²) in [5.41, 5.74) is 7.40. The number of rotatable bonds is 5. The molecule has 0 saturated heterocycles. The average Bonchev–Trinajstić information content (AvgIpc) is 3.02. The number of carbonyl (C=O) groups excluding carboxylic acids is 1. The van der Waals surface area contributed by atoms with E-state index in [0.717, 1.165) is 31.2 Å². The molecule has 0 bridgehead atoms. The van der Waals surface area contributed by atoms with Crippen LogP contribution in [0.15, 0.2) is 48.8 Å². The fourth-order valence-electron chi connectivity index (χ4n) is 4.36. The lowest BCUT2D eigenvalue weighted by molar-refractivity contribution is -0.138. The Kier molecular flexibility index (Phi) is 3.88. The number of nitrogens with zero attached hydrogens (tertiary/aromatic N) is 2. The van der Waals surface area contributed by atoms with Gasteiger partial charge in [0.05, 0.1) is 12.6 Å². The maximum atomic E-state index is 12.7. The SMILES string of the molecule is NC1CC2(C1)CC(C(=O)NC(Cn1cccn1)c1ccccc1)C2. The first kappa shape index (κ1) is 15.4. The Balaban J connectivity index is 1.41. The minimum absolute atomic E-state index is 0.0567. The van der Waals surface area contributed by atoms with Crippen molar-refractivity contribution in [1.82, 2.24) is 15.1 Å². The molecule has 1 atom stereocenters. The molecule has 24 heavy (non-hydrogen) atoms. The first-order valence-electron chi connectivity index (χ1n) is 8.72. The summed E-state index contributed by atoms with van der Waals surface area (Å²) in [7, 11) is 0. The molecule has 0 radical (unpaired) electrons. The molecule has 2 fully saturated rings. The van der Waals surface area contributed by atoms with E-state index in [2.05, 4.69) is 22.5 Å². The predicted molar refractivity (Wildman–Crippen MR) is 91.9 cm³/mol. The first-order chi connectivity index (χ1) is 11.6. The van der Waals surface area contributed by atoms with E-state index in [-0.39, 0.29) is 17.9 Å². The summed E-state index contributed by atoms with van der Waals surface area (Å²) in [4.78, 5) is 12.7. The third-order valence-corrected chi connectivity index (χ3v) is 5.57. The van der Waals surface area contributed by atoms with Crippen molar-refractivity contribution in [2.45, 2.75) is 44.3 Å². The van der Waals surface area contributed by atoms with Gasteiger partial charge in [-0.2, -0.15) is 5.10 Å². The minimum atomic E-state index is -0.0567. The van der Waals surface area contributed by atoms with Crippen LogP contribution in [0.2, 0.25) is 0 Å². The van der Waals surface area contributed by atoms with Crippen molar-refractivity contribution in [2.75, 3.05) is 0 Å². The van der Waals surface area contributed by atoms with Crippen molar-refractivity contribution in [2.24, 2.45) is 17.1 Å². The van der Waals surface area contributed by atoms with E-state index in [0.29, 0.717) is 18.0 Å². The zero-order valence-electron chi connectivity index (χ0n) is 13.8. The number of amides is 1. The summed E-state index contributed by atoms with van der Waals surface area (Å²) in [6, 6.07) is 12.3. The van der Waals surface area contributed by atoms with E-state index >= 15 is 0 Å². The fraction of sp³-hybridized carbons (Fsp3) is 0.474. The summed E-state index contributed by atoms with van der Waals surface area (Å²) in [6.45, 7) is 0.644. The zero-order valence-corrected chi connectivity index (χ0v) is 13.8. The molecule has 1 heterocycles. The smallest absolute Gasteiger partial charge is 0.223 e. The van der Waals surface area contributed by atoms with Crippen molar-refractivity contribution < 1.29 is 4.79 Å². The van der Waals surface area contributed by atoms with Gasteiger partial charge in [0.2, 0.25) is 5.91 Å². The van der Waals surface area contributed by atoms with Gasteiger partial charge >= 0.3 is 0 Å². The van der Waals surface area contributed by atoms with E-state index in [1.54, 1.807) is 6.20 Å². The molecule has 1 aromatic carbocycles. The summed E-state index contributed by atoms with van der Waals surface area (Å²) < 4.78 is 1.87. The van der Waals surface area contributed by atoms with Gasteiger partial charge in [0.15, 0.2) is 0 Å². The Morgan fingerprint density at radius 2 is 2.00 bits per heavy atom. The van der Waals surface area contributed by atoms with Crippen molar-refractivity contribution >= 4 is 5.91 Å². The lowest BCUT2D eigenvalue weighted by Gasteiger charge is -2.56. The molecule has 1 unspecified atom stereocenters. The fourth-order valence-corrected chi connectivity index (χ4v) is 4.36. The molecule has 4 rings (SSSR count). The predicted octanol–water partition coefficient (Wildman–Crippen LogP) is 2.26. The Labute approximate surface area is 142 Å². The highest BCUT2D eigenvalue weighted by Gasteiger charge is 2.53. The van der Waals surface area contributed by atoms with Crippen LogP contribution in [0.3, 0.4) is 0 Å². The van der Waals surface area contributed by atoms with Gasteiger partial charge in [-0.15, -0.1) is 0 Å². The van der Waals surface area contributed by atoms with Crippen LogP contribution >= 0.6 is 0 Å². The lowest BCUT2D eigenvalue weighted by atomic mass is 9.50. The van der Waals surface area contributed by atoms with Crippen LogP contribution in [0.1, 0.15) is 37.3 Å². The lowest BCUT2D eigenvalue weighted by Crippen LogP contribution is -2.56. The maximum Gasteiger partial charge on any atom is 0.223 e. The molecule has 2 saturated carbocycles. The highest BCUT2D eigenvalue weighted by molar-refractivity contribution is 5.80. The van der Waals surface area contributed by atoms with Gasteiger partial charge < -0.3 is 11.1 Å². The molecule has 3 N–H and O–H groups in total. The number of benzene rings is 1. The highest BCUT2D eigenvalue weighted by atomic mass is 16.2. The molecule has 2 aromatic rings. The quantitative estimate of drug-likeness (QED) is 0.886. The molecule has 126 valence electrons. The van der Waals surface area contributed by atoms with Crippen LogP contribution in [0.25, 0.3) is 0 Å². The number of hydrogen-bond acceptors (Lipinski definition) is 3. The topological polar surface area (TPSA) is 72.9 Å². The second-order valence-corrected chi connectivity index (χ2v) is 7.47. The second kappa shape index (κ2) is 6.06. The van der Waals surface area contributed by atoms with Gasteiger partial charge in [0.1, 0.15) is 0 Å². The molecular weight excluding hydrogens is 300 g/mol. The Bertz CT molecular complexity index is 683. The normalized spacial score (nSPS) is 29.5. The molecule has 5 heteroatoms. The zero-order chi connectivity index (χ0) is 16.6. The van der Waals surface area contributed by atoms with Gasteiger partial charge in [-0.3, -0.25) is 9.48 Å². The van der Waals surface area contributed by atoms with Crippen molar-refractivity contribution in [3.8, 4) is 0 Å². The molecule has 5 nitrogen and oxygen atoms in total. The first-order valence-corrected chi connectivity index (χ1v) is 8.72. The van der Waals surface area contributed by atoms with E-state index < -0.39 is 0 Å². The monoisotopic (exact) mass is 324 g/mol. The molecule has 1 aromatic heterocycles. The van der Waals surface area contributed by atoms with Crippen molar-refractivity contribution in [3.05, 3.63) is 54.4 Å². The highest BCUT2D eigenvalue weighted by Crippen LogP contribution is 2.58. The van der Waals surface area contributed by atoms with Crippen LogP contribution in [-0.4, -0.2) is 21.7 Å². The molecule has 2 aliphatic carbocycles. The van der Waals surface area contributed by atoms with Gasteiger partial charge in [0.25, 0.3) is 0 Å². The molecule has 0 aliphatic heterocycles. The number of carbonyl (C=O) groups is 1. The van der Waals surface area contributed by atoms with Crippen LogP contribution in [0.5, 0.6) is 0 Å². The average molecular weight is 324 g/mol. The summed E-state index contributed by atoms with van der Waals surface area (Å²) in [6.07, 6.45) is 7.86. The van der Waals surface area contributed by atoms with Crippen LogP contribution in [0, 0.1) is 11.3 Å². The Morgan fingerprint density at radius 3 is 2.62 bits per heavy atom. The molecule has 1 amide bonds. The van der Waals surface area contributed by atoms with Gasteiger partial charge in [-0.05, 0) is 42.7 Å². The van der Waals surface area contributed by atoms with Gasteiger partial charge in [-0.25, -0.2) is 0 Å². The maximum absolute atomic E-state index is 12.7. The van der Waals surface area contributed by atoms with Gasteiger partial charge in [0, 0.05) is 24.4 Å². The summed E-state index contributed by atoms with van der Waals surface area (Å²) >= 11 is 0. The second-order valence-electron chi connectivity index (χ2n) is 7.47. The molecular formula is C19H24N4O. The van der Waals surface area contributed by atoms with Crippen LogP contribution < -0.4 is 11.1 Å². The third kappa shape index (κ3) is 2.96. The van der Waals surface area contributed by atoms with Crippen LogP contribution in [0.4, 0.5) is 0 Å². The number of nitrogens with one attached hydrogen (secondary N) is 1. The Morgan fingerprint density at radius 1 is 1.25 bits per heavy atom. The van der Waals surface area contributed by atoms with E-state index in [9.17, 15) is 4.79 Å². The number of nitrogens with two attached hydrogens (primary N) is 1. The largest absolute Gasteiger partial charge is 0.347 e. The minimum Gasteiger partial charge on any atom is -0.347 e.